The number of nitriles is 1. The second-order valence-corrected chi connectivity index (χ2v) is 3.23. The molecular weight excluding hydrogens is 184 g/mol. The second-order valence-electron chi connectivity index (χ2n) is 2.82. The van der Waals surface area contributed by atoms with Crippen LogP contribution in [0, 0.1) is 18.3 Å². The van der Waals surface area contributed by atoms with Crippen molar-refractivity contribution in [1.82, 2.24) is 0 Å². The molecule has 1 rings (SSSR count). The summed E-state index contributed by atoms with van der Waals surface area (Å²) in [5, 5.41) is 12.1. The second kappa shape index (κ2) is 4.74. The zero-order valence-electron chi connectivity index (χ0n) is 7.47. The zero-order valence-corrected chi connectivity index (χ0v) is 8.23. The average molecular weight is 195 g/mol. The first-order valence-corrected chi connectivity index (χ1v) is 4.49. The van der Waals surface area contributed by atoms with Crippen molar-refractivity contribution in [2.75, 3.05) is 11.9 Å². The molecule has 0 radical (unpaired) electrons. The van der Waals surface area contributed by atoms with Crippen molar-refractivity contribution >= 4 is 17.3 Å². The molecule has 0 atom stereocenters. The van der Waals surface area contributed by atoms with E-state index in [1.54, 1.807) is 0 Å². The summed E-state index contributed by atoms with van der Waals surface area (Å²) in [5.74, 6) is 0. The summed E-state index contributed by atoms with van der Waals surface area (Å²) in [6, 6.07) is 7.87. The summed E-state index contributed by atoms with van der Waals surface area (Å²) < 4.78 is 0. The highest BCUT2D eigenvalue weighted by Crippen LogP contribution is 2.22. The van der Waals surface area contributed by atoms with Crippen LogP contribution >= 0.6 is 11.6 Å². The molecule has 0 unspecified atom stereocenters. The predicted octanol–water partition coefficient (Wildman–Crippen LogP) is 2.97. The van der Waals surface area contributed by atoms with Crippen LogP contribution in [0.1, 0.15) is 12.0 Å². The molecular formula is C10H11ClN2. The maximum Gasteiger partial charge on any atom is 0.0640 e. The van der Waals surface area contributed by atoms with Gasteiger partial charge < -0.3 is 5.32 Å². The molecule has 1 aromatic rings. The monoisotopic (exact) mass is 194 g/mol. The van der Waals surface area contributed by atoms with Gasteiger partial charge in [0, 0.05) is 6.54 Å². The summed E-state index contributed by atoms with van der Waals surface area (Å²) >= 11 is 5.96. The van der Waals surface area contributed by atoms with Gasteiger partial charge in [-0.2, -0.15) is 5.26 Å². The van der Waals surface area contributed by atoms with Gasteiger partial charge >= 0.3 is 0 Å². The lowest BCUT2D eigenvalue weighted by molar-refractivity contribution is 1.07. The Morgan fingerprint density at radius 3 is 2.92 bits per heavy atom. The number of hydrogen-bond acceptors (Lipinski definition) is 2. The number of hydrogen-bond donors (Lipinski definition) is 1. The largest absolute Gasteiger partial charge is 0.383 e. The van der Waals surface area contributed by atoms with E-state index in [1.165, 1.54) is 0 Å². The predicted molar refractivity (Wildman–Crippen MR) is 54.9 cm³/mol. The third-order valence-corrected chi connectivity index (χ3v) is 1.99. The van der Waals surface area contributed by atoms with Crippen LogP contribution in [0.3, 0.4) is 0 Å². The molecule has 0 saturated carbocycles. The molecule has 0 heterocycles. The third-order valence-electron chi connectivity index (χ3n) is 1.68. The lowest BCUT2D eigenvalue weighted by Crippen LogP contribution is -2.00. The van der Waals surface area contributed by atoms with Gasteiger partial charge in [0.2, 0.25) is 0 Å². The third kappa shape index (κ3) is 2.96. The smallest absolute Gasteiger partial charge is 0.0640 e. The number of aryl methyl sites for hydroxylation is 1. The first-order valence-electron chi connectivity index (χ1n) is 4.11. The molecule has 0 aliphatic carbocycles. The minimum absolute atomic E-state index is 0.490. The molecule has 68 valence electrons. The zero-order chi connectivity index (χ0) is 9.68. The molecule has 2 nitrogen and oxygen atoms in total. The Labute approximate surface area is 83.1 Å². The molecule has 1 N–H and O–H groups in total. The van der Waals surface area contributed by atoms with E-state index in [1.807, 2.05) is 25.1 Å². The Morgan fingerprint density at radius 2 is 2.31 bits per heavy atom. The molecule has 3 heteroatoms. The topological polar surface area (TPSA) is 35.8 Å². The standard InChI is InChI=1S/C10H11ClN2/c1-8-3-4-10(9(11)7-8)13-6-2-5-12/h3-4,7,13H,2,6H2,1H3. The number of anilines is 1. The maximum atomic E-state index is 8.33. The first kappa shape index (κ1) is 9.88. The van der Waals surface area contributed by atoms with E-state index in [9.17, 15) is 0 Å². The summed E-state index contributed by atoms with van der Waals surface area (Å²) in [5.41, 5.74) is 2.03. The van der Waals surface area contributed by atoms with Gasteiger partial charge in [-0.3, -0.25) is 0 Å². The van der Waals surface area contributed by atoms with Gasteiger partial charge in [-0.25, -0.2) is 0 Å². The molecule has 0 spiro atoms. The van der Waals surface area contributed by atoms with E-state index in [0.717, 1.165) is 11.3 Å². The number of rotatable bonds is 3. The summed E-state index contributed by atoms with van der Waals surface area (Å²) in [6.45, 7) is 2.63. The quantitative estimate of drug-likeness (QED) is 0.751. The molecule has 0 saturated heterocycles. The fourth-order valence-electron chi connectivity index (χ4n) is 1.02. The lowest BCUT2D eigenvalue weighted by atomic mass is 10.2. The van der Waals surface area contributed by atoms with Gasteiger partial charge in [-0.15, -0.1) is 0 Å². The first-order chi connectivity index (χ1) is 6.24. The Morgan fingerprint density at radius 1 is 1.54 bits per heavy atom. The number of halogens is 1. The van der Waals surface area contributed by atoms with E-state index in [4.69, 9.17) is 16.9 Å². The van der Waals surface area contributed by atoms with Gasteiger partial charge in [-0.1, -0.05) is 17.7 Å². The van der Waals surface area contributed by atoms with Crippen LogP contribution in [0.2, 0.25) is 5.02 Å². The molecule has 0 aromatic heterocycles. The highest BCUT2D eigenvalue weighted by Gasteiger charge is 1.98. The van der Waals surface area contributed by atoms with Crippen molar-refractivity contribution in [3.63, 3.8) is 0 Å². The number of nitrogens with one attached hydrogen (secondary N) is 1. The van der Waals surface area contributed by atoms with Gasteiger partial charge in [-0.05, 0) is 24.6 Å². The Hall–Kier alpha value is -1.20. The minimum atomic E-state index is 0.490. The van der Waals surface area contributed by atoms with Gasteiger partial charge in [0.1, 0.15) is 0 Å². The van der Waals surface area contributed by atoms with Crippen molar-refractivity contribution in [2.24, 2.45) is 0 Å². The van der Waals surface area contributed by atoms with Gasteiger partial charge in [0.05, 0.1) is 23.2 Å². The van der Waals surface area contributed by atoms with Crippen molar-refractivity contribution in [3.05, 3.63) is 28.8 Å². The van der Waals surface area contributed by atoms with Crippen molar-refractivity contribution in [2.45, 2.75) is 13.3 Å². The van der Waals surface area contributed by atoms with E-state index in [-0.39, 0.29) is 0 Å². The molecule has 1 aromatic carbocycles. The molecule has 0 aliphatic heterocycles. The van der Waals surface area contributed by atoms with E-state index < -0.39 is 0 Å². The average Bonchev–Trinajstić information content (AvgIpc) is 2.09. The van der Waals surface area contributed by atoms with Gasteiger partial charge in [0.15, 0.2) is 0 Å². The molecule has 0 amide bonds. The van der Waals surface area contributed by atoms with Crippen LogP contribution in [0.4, 0.5) is 5.69 Å². The molecule has 0 bridgehead atoms. The molecule has 0 aliphatic rings. The van der Waals surface area contributed by atoms with Crippen LogP contribution in [0.25, 0.3) is 0 Å². The Kier molecular flexibility index (Phi) is 3.60. The Balaban J connectivity index is 2.62. The normalized spacial score (nSPS) is 9.31. The van der Waals surface area contributed by atoms with Crippen LogP contribution in [0.15, 0.2) is 18.2 Å². The van der Waals surface area contributed by atoms with Crippen molar-refractivity contribution in [1.29, 1.82) is 5.26 Å². The SMILES string of the molecule is Cc1ccc(NCCC#N)c(Cl)c1. The highest BCUT2D eigenvalue weighted by molar-refractivity contribution is 6.33. The maximum absolute atomic E-state index is 8.33. The molecule has 0 fully saturated rings. The van der Waals surface area contributed by atoms with Crippen molar-refractivity contribution < 1.29 is 0 Å². The van der Waals surface area contributed by atoms with Crippen LogP contribution < -0.4 is 5.32 Å². The summed E-state index contributed by atoms with van der Waals surface area (Å²) in [7, 11) is 0. The Bertz CT molecular complexity index is 328. The van der Waals surface area contributed by atoms with Gasteiger partial charge in [0.25, 0.3) is 0 Å². The fourth-order valence-corrected chi connectivity index (χ4v) is 1.32. The number of nitrogens with zero attached hydrogens (tertiary/aromatic N) is 1. The minimum Gasteiger partial charge on any atom is -0.383 e. The van der Waals surface area contributed by atoms with Crippen LogP contribution in [-0.2, 0) is 0 Å². The van der Waals surface area contributed by atoms with Crippen LogP contribution in [0.5, 0.6) is 0 Å². The molecule has 13 heavy (non-hydrogen) atoms. The van der Waals surface area contributed by atoms with E-state index >= 15 is 0 Å². The highest BCUT2D eigenvalue weighted by atomic mass is 35.5. The fraction of sp³-hybridized carbons (Fsp3) is 0.300. The number of benzene rings is 1. The van der Waals surface area contributed by atoms with Crippen LogP contribution in [-0.4, -0.2) is 6.54 Å². The van der Waals surface area contributed by atoms with Crippen molar-refractivity contribution in [3.8, 4) is 6.07 Å². The van der Waals surface area contributed by atoms with E-state index in [2.05, 4.69) is 11.4 Å². The summed E-state index contributed by atoms with van der Waals surface area (Å²) in [4.78, 5) is 0. The lowest BCUT2D eigenvalue weighted by Gasteiger charge is -2.06. The van der Waals surface area contributed by atoms with E-state index in [0.29, 0.717) is 18.0 Å². The summed E-state index contributed by atoms with van der Waals surface area (Å²) in [6.07, 6.45) is 0.490.